The van der Waals surface area contributed by atoms with E-state index in [1.54, 1.807) is 0 Å². The van der Waals surface area contributed by atoms with Crippen LogP contribution in [0.1, 0.15) is 19.3 Å². The van der Waals surface area contributed by atoms with Gasteiger partial charge in [0.15, 0.2) is 0 Å². The summed E-state index contributed by atoms with van der Waals surface area (Å²) >= 11 is 0. The van der Waals surface area contributed by atoms with Crippen molar-refractivity contribution in [2.75, 3.05) is 6.26 Å². The van der Waals surface area contributed by atoms with Crippen molar-refractivity contribution in [3.05, 3.63) is 0 Å². The third-order valence-corrected chi connectivity index (χ3v) is 3.76. The second-order valence-electron chi connectivity index (χ2n) is 3.10. The van der Waals surface area contributed by atoms with E-state index in [1.165, 1.54) is 6.26 Å². The van der Waals surface area contributed by atoms with Gasteiger partial charge in [0.1, 0.15) is 0 Å². The van der Waals surface area contributed by atoms with Gasteiger partial charge in [-0.2, -0.15) is 0 Å². The molecule has 3 unspecified atom stereocenters. The van der Waals surface area contributed by atoms with Crippen LogP contribution < -0.4 is 5.73 Å². The predicted octanol–water partition coefficient (Wildman–Crippen LogP) is 0.543. The molecular weight excluding hydrogens is 148 g/mol. The Morgan fingerprint density at radius 3 is 2.40 bits per heavy atom. The molecule has 0 aromatic rings. The molecule has 3 N–H and O–H groups in total. The highest BCUT2D eigenvalue weighted by atomic mass is 32.2. The maximum absolute atomic E-state index is 11.1. The van der Waals surface area contributed by atoms with Crippen LogP contribution in [0.3, 0.4) is 0 Å². The monoisotopic (exact) mass is 162 g/mol. The van der Waals surface area contributed by atoms with E-state index in [1.807, 2.05) is 0 Å². The largest absolute Gasteiger partial charge is 0.328 e. The van der Waals surface area contributed by atoms with Crippen molar-refractivity contribution >= 4 is 9.73 Å². The van der Waals surface area contributed by atoms with Gasteiger partial charge >= 0.3 is 0 Å². The fourth-order valence-corrected chi connectivity index (χ4v) is 2.58. The van der Waals surface area contributed by atoms with Gasteiger partial charge in [-0.05, 0) is 19.3 Å². The lowest BCUT2D eigenvalue weighted by Crippen LogP contribution is -2.20. The lowest BCUT2D eigenvalue weighted by Gasteiger charge is -2.08. The average molecular weight is 162 g/mol. The molecule has 1 fully saturated rings. The lowest BCUT2D eigenvalue weighted by molar-refractivity contribution is 0.659. The molecular formula is C6H14N2OS. The number of hydrogen-bond acceptors (Lipinski definition) is 3. The van der Waals surface area contributed by atoms with Crippen LogP contribution in [0.5, 0.6) is 0 Å². The summed E-state index contributed by atoms with van der Waals surface area (Å²) in [6.07, 6.45) is 4.10. The summed E-state index contributed by atoms with van der Waals surface area (Å²) in [7, 11) is -2.32. The van der Waals surface area contributed by atoms with Crippen molar-refractivity contribution in [3.8, 4) is 0 Å². The highest BCUT2D eigenvalue weighted by Gasteiger charge is 2.26. The molecule has 4 heteroatoms. The van der Waals surface area contributed by atoms with Gasteiger partial charge in [0.2, 0.25) is 0 Å². The molecule has 0 radical (unpaired) electrons. The molecule has 0 aromatic carbocycles. The molecule has 0 aromatic heterocycles. The Kier molecular flexibility index (Phi) is 2.01. The highest BCUT2D eigenvalue weighted by molar-refractivity contribution is 7.92. The first-order chi connectivity index (χ1) is 4.50. The van der Waals surface area contributed by atoms with Crippen LogP contribution >= 0.6 is 0 Å². The molecule has 0 saturated heterocycles. The molecule has 10 heavy (non-hydrogen) atoms. The van der Waals surface area contributed by atoms with Crippen LogP contribution in [-0.4, -0.2) is 21.8 Å². The molecule has 3 atom stereocenters. The Balaban J connectivity index is 2.62. The normalized spacial score (nSPS) is 39.4. The summed E-state index contributed by atoms with van der Waals surface area (Å²) in [6, 6.07) is 0.191. The summed E-state index contributed by atoms with van der Waals surface area (Å²) in [5, 5.41) is 0.0579. The summed E-state index contributed by atoms with van der Waals surface area (Å²) in [4.78, 5) is 0. The second-order valence-corrected chi connectivity index (χ2v) is 5.57. The van der Waals surface area contributed by atoms with E-state index in [-0.39, 0.29) is 11.3 Å². The van der Waals surface area contributed by atoms with Crippen LogP contribution in [0.15, 0.2) is 0 Å². The van der Waals surface area contributed by atoms with Crippen LogP contribution in [0.25, 0.3) is 0 Å². The highest BCUT2D eigenvalue weighted by Crippen LogP contribution is 2.23. The quantitative estimate of drug-likeness (QED) is 0.591. The first kappa shape index (κ1) is 8.01. The Hall–Kier alpha value is -0.0900. The summed E-state index contributed by atoms with van der Waals surface area (Å²) < 4.78 is 18.4. The van der Waals surface area contributed by atoms with Crippen LogP contribution in [0.2, 0.25) is 0 Å². The van der Waals surface area contributed by atoms with Crippen molar-refractivity contribution in [1.29, 1.82) is 4.78 Å². The van der Waals surface area contributed by atoms with E-state index < -0.39 is 9.73 Å². The number of hydrogen-bond donors (Lipinski definition) is 2. The third kappa shape index (κ3) is 1.70. The topological polar surface area (TPSA) is 66.9 Å². The zero-order valence-electron chi connectivity index (χ0n) is 6.17. The third-order valence-electron chi connectivity index (χ3n) is 2.06. The zero-order chi connectivity index (χ0) is 7.78. The van der Waals surface area contributed by atoms with E-state index in [0.29, 0.717) is 0 Å². The summed E-state index contributed by atoms with van der Waals surface area (Å²) in [5.74, 6) is 0. The Bertz CT molecular complexity index is 210. The van der Waals surface area contributed by atoms with Gasteiger partial charge in [-0.25, -0.2) is 4.21 Å². The fraction of sp³-hybridized carbons (Fsp3) is 1.00. The minimum atomic E-state index is -2.32. The molecule has 0 spiro atoms. The molecule has 1 aliphatic rings. The molecule has 60 valence electrons. The molecule has 1 rings (SSSR count). The number of nitrogens with two attached hydrogens (primary N) is 1. The minimum Gasteiger partial charge on any atom is -0.328 e. The number of rotatable bonds is 1. The van der Waals surface area contributed by atoms with Crippen molar-refractivity contribution in [3.63, 3.8) is 0 Å². The molecule has 0 amide bonds. The summed E-state index contributed by atoms with van der Waals surface area (Å²) in [6.45, 7) is 0. The zero-order valence-corrected chi connectivity index (χ0v) is 6.99. The van der Waals surface area contributed by atoms with Gasteiger partial charge in [-0.1, -0.05) is 0 Å². The second kappa shape index (κ2) is 2.51. The van der Waals surface area contributed by atoms with Crippen LogP contribution in [0, 0.1) is 4.78 Å². The Morgan fingerprint density at radius 1 is 1.60 bits per heavy atom. The first-order valence-electron chi connectivity index (χ1n) is 3.48. The van der Waals surface area contributed by atoms with Gasteiger partial charge in [0, 0.05) is 27.3 Å². The Labute approximate surface area is 62.0 Å². The standard InChI is InChI=1S/C6H14N2OS/c1-10(8,9)6-3-2-5(7)4-6/h5-6,8H,2-4,7H2,1H3. The van der Waals surface area contributed by atoms with Crippen molar-refractivity contribution in [2.45, 2.75) is 30.6 Å². The maximum Gasteiger partial charge on any atom is 0.0442 e. The molecule has 0 heterocycles. The maximum atomic E-state index is 11.1. The average Bonchev–Trinajstić information content (AvgIpc) is 2.11. The molecule has 1 aliphatic carbocycles. The van der Waals surface area contributed by atoms with E-state index in [4.69, 9.17) is 10.5 Å². The molecule has 0 aliphatic heterocycles. The van der Waals surface area contributed by atoms with Gasteiger partial charge in [0.05, 0.1) is 0 Å². The van der Waals surface area contributed by atoms with Crippen LogP contribution in [0.4, 0.5) is 0 Å². The minimum absolute atomic E-state index is 0.0579. The molecule has 1 saturated carbocycles. The summed E-state index contributed by atoms with van der Waals surface area (Å²) in [5.41, 5.74) is 5.61. The van der Waals surface area contributed by atoms with E-state index in [0.717, 1.165) is 19.3 Å². The molecule has 3 nitrogen and oxygen atoms in total. The molecule has 0 bridgehead atoms. The van der Waals surface area contributed by atoms with Gasteiger partial charge < -0.3 is 5.73 Å². The van der Waals surface area contributed by atoms with Gasteiger partial charge in [-0.15, -0.1) is 0 Å². The SMILES string of the molecule is CS(=N)(=O)C1CCC(N)C1. The lowest BCUT2D eigenvalue weighted by atomic mass is 10.3. The smallest absolute Gasteiger partial charge is 0.0442 e. The first-order valence-corrected chi connectivity index (χ1v) is 5.51. The van der Waals surface area contributed by atoms with Crippen molar-refractivity contribution in [2.24, 2.45) is 5.73 Å². The number of nitrogens with one attached hydrogen (secondary N) is 1. The Morgan fingerprint density at radius 2 is 2.20 bits per heavy atom. The van der Waals surface area contributed by atoms with E-state index in [2.05, 4.69) is 0 Å². The fourth-order valence-electron chi connectivity index (χ4n) is 1.38. The van der Waals surface area contributed by atoms with Gasteiger partial charge in [0.25, 0.3) is 0 Å². The van der Waals surface area contributed by atoms with E-state index >= 15 is 0 Å². The van der Waals surface area contributed by atoms with Crippen LogP contribution in [-0.2, 0) is 9.73 Å². The van der Waals surface area contributed by atoms with E-state index in [9.17, 15) is 4.21 Å². The van der Waals surface area contributed by atoms with Crippen molar-refractivity contribution in [1.82, 2.24) is 0 Å². The van der Waals surface area contributed by atoms with Gasteiger partial charge in [-0.3, -0.25) is 4.78 Å². The van der Waals surface area contributed by atoms with Crippen molar-refractivity contribution < 1.29 is 4.21 Å². The predicted molar refractivity (Wildman–Crippen MR) is 42.4 cm³/mol.